The van der Waals surface area contributed by atoms with Crippen molar-refractivity contribution in [2.24, 2.45) is 0 Å². The average Bonchev–Trinajstić information content (AvgIpc) is 2.73. The van der Waals surface area contributed by atoms with Gasteiger partial charge in [-0.25, -0.2) is 4.79 Å². The van der Waals surface area contributed by atoms with E-state index < -0.39 is 18.1 Å². The summed E-state index contributed by atoms with van der Waals surface area (Å²) in [5, 5.41) is 21.6. The third-order valence-electron chi connectivity index (χ3n) is 3.29. The van der Waals surface area contributed by atoms with Crippen molar-refractivity contribution in [3.05, 3.63) is 0 Å². The van der Waals surface area contributed by atoms with Crippen LogP contribution in [0.2, 0.25) is 0 Å². The highest BCUT2D eigenvalue weighted by Crippen LogP contribution is 2.20. The smallest absolute Gasteiger partial charge is 0.326 e. The molecular formula is C11H18N2O5. The fourth-order valence-electron chi connectivity index (χ4n) is 2.39. The molecule has 7 nitrogen and oxygen atoms in total. The van der Waals surface area contributed by atoms with Gasteiger partial charge in [0.15, 0.2) is 0 Å². The first-order chi connectivity index (χ1) is 8.58. The summed E-state index contributed by atoms with van der Waals surface area (Å²) in [6.45, 7) is 2.02. The number of nitrogens with one attached hydrogen (secondary N) is 1. The molecule has 2 aliphatic rings. The summed E-state index contributed by atoms with van der Waals surface area (Å²) in [4.78, 5) is 24.3. The number of amides is 1. The Hall–Kier alpha value is -1.18. The summed E-state index contributed by atoms with van der Waals surface area (Å²) in [5.74, 6) is -1.34. The van der Waals surface area contributed by atoms with Crippen molar-refractivity contribution in [2.45, 2.75) is 31.1 Å². The fraction of sp³-hybridized carbons (Fsp3) is 0.818. The van der Waals surface area contributed by atoms with E-state index in [4.69, 9.17) is 9.84 Å². The van der Waals surface area contributed by atoms with Crippen LogP contribution < -0.4 is 5.32 Å². The maximum Gasteiger partial charge on any atom is 0.326 e. The number of nitrogens with zero attached hydrogens (tertiary/aromatic N) is 1. The summed E-state index contributed by atoms with van der Waals surface area (Å²) in [5.41, 5.74) is 0. The lowest BCUT2D eigenvalue weighted by Gasteiger charge is -2.27. The van der Waals surface area contributed by atoms with Crippen LogP contribution in [-0.2, 0) is 14.3 Å². The molecule has 0 saturated carbocycles. The van der Waals surface area contributed by atoms with Crippen LogP contribution in [0.3, 0.4) is 0 Å². The lowest BCUT2D eigenvalue weighted by Crippen LogP contribution is -2.45. The molecule has 0 aromatic carbocycles. The Kier molecular flexibility index (Phi) is 4.15. The van der Waals surface area contributed by atoms with Gasteiger partial charge in [-0.1, -0.05) is 0 Å². The molecule has 2 rings (SSSR count). The van der Waals surface area contributed by atoms with Gasteiger partial charge in [0.1, 0.15) is 6.04 Å². The SMILES string of the molecule is O=C(O)C1CC(O)CN1C(=O)CC1CNCCO1. The van der Waals surface area contributed by atoms with E-state index in [0.717, 1.165) is 6.54 Å². The first-order valence-corrected chi connectivity index (χ1v) is 6.10. The van der Waals surface area contributed by atoms with E-state index in [1.54, 1.807) is 0 Å². The van der Waals surface area contributed by atoms with Crippen LogP contribution in [-0.4, -0.2) is 71.5 Å². The molecule has 102 valence electrons. The monoisotopic (exact) mass is 258 g/mol. The molecule has 0 spiro atoms. The number of carbonyl (C=O) groups excluding carboxylic acids is 1. The van der Waals surface area contributed by atoms with Crippen molar-refractivity contribution in [1.82, 2.24) is 10.2 Å². The van der Waals surface area contributed by atoms with E-state index in [-0.39, 0.29) is 31.4 Å². The Morgan fingerprint density at radius 1 is 1.44 bits per heavy atom. The van der Waals surface area contributed by atoms with Crippen LogP contribution in [0.25, 0.3) is 0 Å². The second-order valence-electron chi connectivity index (χ2n) is 4.69. The van der Waals surface area contributed by atoms with Gasteiger partial charge in [0.2, 0.25) is 5.91 Å². The number of likely N-dealkylation sites (tertiary alicyclic amines) is 1. The number of morpholine rings is 1. The Bertz CT molecular complexity index is 329. The largest absolute Gasteiger partial charge is 0.480 e. The lowest BCUT2D eigenvalue weighted by atomic mass is 10.1. The number of carboxylic acid groups (broad SMARTS) is 1. The molecule has 2 aliphatic heterocycles. The van der Waals surface area contributed by atoms with Gasteiger partial charge in [-0.05, 0) is 0 Å². The molecule has 18 heavy (non-hydrogen) atoms. The highest BCUT2D eigenvalue weighted by molar-refractivity contribution is 5.84. The van der Waals surface area contributed by atoms with Crippen LogP contribution in [0.5, 0.6) is 0 Å². The summed E-state index contributed by atoms with van der Waals surface area (Å²) >= 11 is 0. The van der Waals surface area contributed by atoms with Crippen molar-refractivity contribution in [3.8, 4) is 0 Å². The van der Waals surface area contributed by atoms with E-state index in [0.29, 0.717) is 13.2 Å². The topological polar surface area (TPSA) is 99.1 Å². The van der Waals surface area contributed by atoms with E-state index in [9.17, 15) is 14.7 Å². The van der Waals surface area contributed by atoms with Gasteiger partial charge in [0.25, 0.3) is 0 Å². The van der Waals surface area contributed by atoms with Crippen molar-refractivity contribution in [3.63, 3.8) is 0 Å². The van der Waals surface area contributed by atoms with Gasteiger partial charge in [0, 0.05) is 26.1 Å². The number of carboxylic acids is 1. The molecule has 0 bridgehead atoms. The zero-order valence-electron chi connectivity index (χ0n) is 10.0. The van der Waals surface area contributed by atoms with Gasteiger partial charge < -0.3 is 25.2 Å². The van der Waals surface area contributed by atoms with Crippen LogP contribution in [0.4, 0.5) is 0 Å². The standard InChI is InChI=1S/C11H18N2O5/c14-7-3-9(11(16)17)13(6-7)10(15)4-8-5-12-1-2-18-8/h7-9,12,14H,1-6H2,(H,16,17). The zero-order valence-corrected chi connectivity index (χ0v) is 10.0. The maximum atomic E-state index is 12.0. The molecular weight excluding hydrogens is 240 g/mol. The van der Waals surface area contributed by atoms with Crippen LogP contribution >= 0.6 is 0 Å². The van der Waals surface area contributed by atoms with Crippen molar-refractivity contribution < 1.29 is 24.5 Å². The van der Waals surface area contributed by atoms with Crippen molar-refractivity contribution in [1.29, 1.82) is 0 Å². The van der Waals surface area contributed by atoms with Crippen molar-refractivity contribution >= 4 is 11.9 Å². The Labute approximate surface area is 105 Å². The first kappa shape index (κ1) is 13.3. The molecule has 0 aromatic heterocycles. The second-order valence-corrected chi connectivity index (χ2v) is 4.69. The Morgan fingerprint density at radius 2 is 2.22 bits per heavy atom. The Morgan fingerprint density at radius 3 is 2.83 bits per heavy atom. The minimum Gasteiger partial charge on any atom is -0.480 e. The molecule has 1 amide bonds. The van der Waals surface area contributed by atoms with Gasteiger partial charge in [-0.2, -0.15) is 0 Å². The average molecular weight is 258 g/mol. The van der Waals surface area contributed by atoms with E-state index in [1.165, 1.54) is 4.90 Å². The molecule has 0 aliphatic carbocycles. The molecule has 3 atom stereocenters. The maximum absolute atomic E-state index is 12.0. The minimum absolute atomic E-state index is 0.0932. The van der Waals surface area contributed by atoms with Crippen LogP contribution in [0, 0.1) is 0 Å². The summed E-state index contributed by atoms with van der Waals surface area (Å²) in [7, 11) is 0. The summed E-state index contributed by atoms with van der Waals surface area (Å²) < 4.78 is 5.41. The second kappa shape index (κ2) is 5.64. The van der Waals surface area contributed by atoms with E-state index >= 15 is 0 Å². The third-order valence-corrected chi connectivity index (χ3v) is 3.29. The number of carbonyl (C=O) groups is 2. The summed E-state index contributed by atoms with van der Waals surface area (Å²) in [6, 6.07) is -0.913. The van der Waals surface area contributed by atoms with Gasteiger partial charge in [0.05, 0.1) is 25.2 Å². The molecule has 2 heterocycles. The first-order valence-electron chi connectivity index (χ1n) is 6.10. The third kappa shape index (κ3) is 2.98. The number of β-amino-alcohol motifs (C(OH)–C–C–N with tert-alkyl or cyclic N) is 1. The highest BCUT2D eigenvalue weighted by Gasteiger charge is 2.39. The molecule has 0 aromatic rings. The van der Waals surface area contributed by atoms with Gasteiger partial charge >= 0.3 is 5.97 Å². The molecule has 2 saturated heterocycles. The van der Waals surface area contributed by atoms with Gasteiger partial charge in [-0.15, -0.1) is 0 Å². The summed E-state index contributed by atoms with van der Waals surface area (Å²) in [6.07, 6.45) is -0.701. The van der Waals surface area contributed by atoms with Crippen LogP contribution in [0.1, 0.15) is 12.8 Å². The lowest BCUT2D eigenvalue weighted by molar-refractivity contribution is -0.149. The predicted molar refractivity (Wildman–Crippen MR) is 61.0 cm³/mol. The molecule has 3 unspecified atom stereocenters. The van der Waals surface area contributed by atoms with Crippen LogP contribution in [0.15, 0.2) is 0 Å². The number of ether oxygens (including phenoxy) is 1. The zero-order chi connectivity index (χ0) is 13.1. The number of aliphatic hydroxyl groups excluding tert-OH is 1. The predicted octanol–water partition coefficient (Wildman–Crippen LogP) is -1.59. The van der Waals surface area contributed by atoms with E-state index in [1.807, 2.05) is 0 Å². The number of hydrogen-bond acceptors (Lipinski definition) is 5. The number of rotatable bonds is 3. The molecule has 0 radical (unpaired) electrons. The molecule has 2 fully saturated rings. The number of hydrogen-bond donors (Lipinski definition) is 3. The minimum atomic E-state index is -1.07. The Balaban J connectivity index is 1.92. The normalized spacial score (nSPS) is 32.5. The highest BCUT2D eigenvalue weighted by atomic mass is 16.5. The molecule has 7 heteroatoms. The van der Waals surface area contributed by atoms with E-state index in [2.05, 4.69) is 5.32 Å². The number of aliphatic carboxylic acids is 1. The van der Waals surface area contributed by atoms with Gasteiger partial charge in [-0.3, -0.25) is 4.79 Å². The number of aliphatic hydroxyl groups is 1. The fourth-order valence-corrected chi connectivity index (χ4v) is 2.39. The molecule has 3 N–H and O–H groups in total. The quantitative estimate of drug-likeness (QED) is 0.564. The van der Waals surface area contributed by atoms with Crippen molar-refractivity contribution in [2.75, 3.05) is 26.2 Å².